The van der Waals surface area contributed by atoms with Gasteiger partial charge in [0.25, 0.3) is 0 Å². The molecule has 5 heteroatoms. The molecule has 0 saturated carbocycles. The minimum atomic E-state index is 0.0744. The maximum atomic E-state index is 11.2. The first-order valence-electron chi connectivity index (χ1n) is 4.55. The van der Waals surface area contributed by atoms with Gasteiger partial charge in [0.2, 0.25) is 5.91 Å². The zero-order valence-corrected chi connectivity index (χ0v) is 9.28. The smallest absolute Gasteiger partial charge is 0.221 e. The van der Waals surface area contributed by atoms with Crippen molar-refractivity contribution in [2.75, 3.05) is 13.6 Å². The highest BCUT2D eigenvalue weighted by atomic mass is 32.1. The number of nitrogens with zero attached hydrogens (tertiary/aromatic N) is 1. The van der Waals surface area contributed by atoms with Gasteiger partial charge in [-0.25, -0.2) is 4.98 Å². The van der Waals surface area contributed by atoms with E-state index in [0.29, 0.717) is 19.5 Å². The van der Waals surface area contributed by atoms with Crippen molar-refractivity contribution < 1.29 is 4.79 Å². The van der Waals surface area contributed by atoms with Gasteiger partial charge in [-0.1, -0.05) is 0 Å². The van der Waals surface area contributed by atoms with Gasteiger partial charge in [0.15, 0.2) is 0 Å². The van der Waals surface area contributed by atoms with Crippen LogP contribution in [0, 0.1) is 6.92 Å². The maximum Gasteiger partial charge on any atom is 0.221 e. The number of aryl methyl sites for hydroxylation is 1. The van der Waals surface area contributed by atoms with E-state index in [1.807, 2.05) is 14.0 Å². The first-order chi connectivity index (χ1) is 6.72. The van der Waals surface area contributed by atoms with Crippen molar-refractivity contribution in [3.63, 3.8) is 0 Å². The highest BCUT2D eigenvalue weighted by Crippen LogP contribution is 2.10. The lowest BCUT2D eigenvalue weighted by Gasteiger charge is -2.02. The molecule has 0 bridgehead atoms. The standard InChI is InChI=1S/C9H15N3OS/c1-7-11-5-8(14-7)6-12-9(13)3-4-10-2/h5,10H,3-4,6H2,1-2H3,(H,12,13). The second kappa shape index (κ2) is 5.72. The van der Waals surface area contributed by atoms with E-state index in [2.05, 4.69) is 15.6 Å². The van der Waals surface area contributed by atoms with E-state index < -0.39 is 0 Å². The summed E-state index contributed by atoms with van der Waals surface area (Å²) < 4.78 is 0. The molecule has 2 N–H and O–H groups in total. The lowest BCUT2D eigenvalue weighted by molar-refractivity contribution is -0.121. The van der Waals surface area contributed by atoms with E-state index >= 15 is 0 Å². The Morgan fingerprint density at radius 3 is 3.00 bits per heavy atom. The molecule has 1 rings (SSSR count). The molecule has 78 valence electrons. The average molecular weight is 213 g/mol. The van der Waals surface area contributed by atoms with Crippen molar-refractivity contribution in [1.82, 2.24) is 15.6 Å². The molecule has 0 unspecified atom stereocenters. The molecule has 1 heterocycles. The lowest BCUT2D eigenvalue weighted by atomic mass is 10.4. The molecule has 0 aliphatic heterocycles. The molecular weight excluding hydrogens is 198 g/mol. The molecule has 0 spiro atoms. The molecule has 1 aromatic rings. The van der Waals surface area contributed by atoms with Crippen molar-refractivity contribution >= 4 is 17.2 Å². The Labute approximate surface area is 87.7 Å². The molecule has 1 aromatic heterocycles. The van der Waals surface area contributed by atoms with Crippen LogP contribution in [-0.4, -0.2) is 24.5 Å². The second-order valence-electron chi connectivity index (χ2n) is 2.98. The summed E-state index contributed by atoms with van der Waals surface area (Å²) in [4.78, 5) is 16.4. The summed E-state index contributed by atoms with van der Waals surface area (Å²) in [6.07, 6.45) is 2.33. The summed E-state index contributed by atoms with van der Waals surface area (Å²) in [6, 6.07) is 0. The van der Waals surface area contributed by atoms with E-state index in [9.17, 15) is 4.79 Å². The summed E-state index contributed by atoms with van der Waals surface area (Å²) in [5.41, 5.74) is 0. The van der Waals surface area contributed by atoms with E-state index in [0.717, 1.165) is 9.88 Å². The van der Waals surface area contributed by atoms with E-state index in [-0.39, 0.29) is 5.91 Å². The lowest BCUT2D eigenvalue weighted by Crippen LogP contribution is -2.25. The van der Waals surface area contributed by atoms with Gasteiger partial charge >= 0.3 is 0 Å². The number of hydrogen-bond donors (Lipinski definition) is 2. The first kappa shape index (κ1) is 11.1. The number of hydrogen-bond acceptors (Lipinski definition) is 4. The normalized spacial score (nSPS) is 10.1. The fraction of sp³-hybridized carbons (Fsp3) is 0.556. The van der Waals surface area contributed by atoms with E-state index in [4.69, 9.17) is 0 Å². The topological polar surface area (TPSA) is 54.0 Å². The fourth-order valence-electron chi connectivity index (χ4n) is 1.000. The number of aromatic nitrogens is 1. The predicted molar refractivity (Wildman–Crippen MR) is 57.2 cm³/mol. The predicted octanol–water partition coefficient (Wildman–Crippen LogP) is 0.677. The molecule has 0 aliphatic carbocycles. The van der Waals surface area contributed by atoms with Crippen LogP contribution in [0.1, 0.15) is 16.3 Å². The average Bonchev–Trinajstić information content (AvgIpc) is 2.58. The summed E-state index contributed by atoms with van der Waals surface area (Å²) in [5, 5.41) is 6.80. The van der Waals surface area contributed by atoms with Gasteiger partial charge in [-0.15, -0.1) is 11.3 Å². The molecule has 0 aromatic carbocycles. The van der Waals surface area contributed by atoms with Gasteiger partial charge in [-0.05, 0) is 14.0 Å². The molecule has 4 nitrogen and oxygen atoms in total. The van der Waals surface area contributed by atoms with Crippen LogP contribution in [0.25, 0.3) is 0 Å². The number of carbonyl (C=O) groups is 1. The Morgan fingerprint density at radius 2 is 2.43 bits per heavy atom. The van der Waals surface area contributed by atoms with Gasteiger partial charge in [0, 0.05) is 24.0 Å². The zero-order chi connectivity index (χ0) is 10.4. The van der Waals surface area contributed by atoms with Crippen LogP contribution in [0.5, 0.6) is 0 Å². The Balaban J connectivity index is 2.23. The van der Waals surface area contributed by atoms with Crippen LogP contribution in [0.2, 0.25) is 0 Å². The van der Waals surface area contributed by atoms with Gasteiger partial charge in [0.05, 0.1) is 11.6 Å². The molecular formula is C9H15N3OS. The number of nitrogens with one attached hydrogen (secondary N) is 2. The van der Waals surface area contributed by atoms with Crippen LogP contribution in [0.3, 0.4) is 0 Å². The summed E-state index contributed by atoms with van der Waals surface area (Å²) in [7, 11) is 1.83. The SMILES string of the molecule is CNCCC(=O)NCc1cnc(C)s1. The maximum absolute atomic E-state index is 11.2. The number of thiazole rings is 1. The Kier molecular flexibility index (Phi) is 4.55. The monoisotopic (exact) mass is 213 g/mol. The third-order valence-corrected chi connectivity index (χ3v) is 2.64. The van der Waals surface area contributed by atoms with Gasteiger partial charge < -0.3 is 10.6 Å². The minimum Gasteiger partial charge on any atom is -0.351 e. The van der Waals surface area contributed by atoms with Crippen LogP contribution in [0.15, 0.2) is 6.20 Å². The van der Waals surface area contributed by atoms with Crippen molar-refractivity contribution in [3.05, 3.63) is 16.1 Å². The van der Waals surface area contributed by atoms with Gasteiger partial charge in [-0.3, -0.25) is 4.79 Å². The van der Waals surface area contributed by atoms with Crippen LogP contribution < -0.4 is 10.6 Å². The molecule has 14 heavy (non-hydrogen) atoms. The van der Waals surface area contributed by atoms with Gasteiger partial charge in [-0.2, -0.15) is 0 Å². The zero-order valence-electron chi connectivity index (χ0n) is 8.46. The Bertz CT molecular complexity index is 298. The van der Waals surface area contributed by atoms with E-state index in [1.165, 1.54) is 0 Å². The highest BCUT2D eigenvalue weighted by molar-refractivity contribution is 7.11. The summed E-state index contributed by atoms with van der Waals surface area (Å²) >= 11 is 1.61. The summed E-state index contributed by atoms with van der Waals surface area (Å²) in [5.74, 6) is 0.0744. The fourth-order valence-corrected chi connectivity index (χ4v) is 1.73. The quantitative estimate of drug-likeness (QED) is 0.756. The van der Waals surface area contributed by atoms with Crippen LogP contribution in [0.4, 0.5) is 0 Å². The third-order valence-electron chi connectivity index (χ3n) is 1.73. The molecule has 1 amide bonds. The largest absolute Gasteiger partial charge is 0.351 e. The van der Waals surface area contributed by atoms with Gasteiger partial charge in [0.1, 0.15) is 0 Å². The molecule has 0 saturated heterocycles. The number of carbonyl (C=O) groups excluding carboxylic acids is 1. The van der Waals surface area contributed by atoms with Crippen LogP contribution >= 0.6 is 11.3 Å². The van der Waals surface area contributed by atoms with E-state index in [1.54, 1.807) is 17.5 Å². The van der Waals surface area contributed by atoms with Crippen molar-refractivity contribution in [3.8, 4) is 0 Å². The Morgan fingerprint density at radius 1 is 1.64 bits per heavy atom. The number of rotatable bonds is 5. The van der Waals surface area contributed by atoms with Crippen molar-refractivity contribution in [2.24, 2.45) is 0 Å². The first-order valence-corrected chi connectivity index (χ1v) is 5.36. The molecule has 0 aliphatic rings. The molecule has 0 atom stereocenters. The molecule has 0 radical (unpaired) electrons. The second-order valence-corrected chi connectivity index (χ2v) is 4.30. The molecule has 0 fully saturated rings. The van der Waals surface area contributed by atoms with Crippen molar-refractivity contribution in [2.45, 2.75) is 19.9 Å². The third kappa shape index (κ3) is 3.85. The summed E-state index contributed by atoms with van der Waals surface area (Å²) in [6.45, 7) is 3.26. The highest BCUT2D eigenvalue weighted by Gasteiger charge is 2.01. The Hall–Kier alpha value is -0.940. The number of amides is 1. The minimum absolute atomic E-state index is 0.0744. The van der Waals surface area contributed by atoms with Crippen LogP contribution in [-0.2, 0) is 11.3 Å². The van der Waals surface area contributed by atoms with Crippen molar-refractivity contribution in [1.29, 1.82) is 0 Å².